The van der Waals surface area contributed by atoms with Gasteiger partial charge in [-0.25, -0.2) is 0 Å². The topological polar surface area (TPSA) is 70.5 Å². The first-order chi connectivity index (χ1) is 9.22. The maximum absolute atomic E-state index is 5.76. The maximum atomic E-state index is 5.76. The number of ether oxygens (including phenoxy) is 2. The second kappa shape index (κ2) is 6.24. The standard InChI is InChI=1S/C14H18N2O3/c1-10-7-13(19-16-10)9-18-14-8-12(17-2)4-3-11(14)5-6-15/h3-4,7-8H,5-6,9,15H2,1-2H3. The first kappa shape index (κ1) is 13.4. The molecule has 19 heavy (non-hydrogen) atoms. The van der Waals surface area contributed by atoms with Crippen molar-refractivity contribution in [3.05, 3.63) is 41.3 Å². The molecule has 2 aromatic rings. The highest BCUT2D eigenvalue weighted by atomic mass is 16.5. The number of methoxy groups -OCH3 is 1. The molecule has 5 nitrogen and oxygen atoms in total. The summed E-state index contributed by atoms with van der Waals surface area (Å²) in [5, 5.41) is 3.82. The number of hydrogen-bond donors (Lipinski definition) is 1. The molecular weight excluding hydrogens is 244 g/mol. The van der Waals surface area contributed by atoms with E-state index in [0.717, 1.165) is 29.2 Å². The van der Waals surface area contributed by atoms with Crippen molar-refractivity contribution in [1.82, 2.24) is 5.16 Å². The average molecular weight is 262 g/mol. The zero-order chi connectivity index (χ0) is 13.7. The van der Waals surface area contributed by atoms with Crippen LogP contribution in [0.25, 0.3) is 0 Å². The Hall–Kier alpha value is -2.01. The largest absolute Gasteiger partial charge is 0.497 e. The highest BCUT2D eigenvalue weighted by Gasteiger charge is 2.08. The summed E-state index contributed by atoms with van der Waals surface area (Å²) in [7, 11) is 1.63. The zero-order valence-electron chi connectivity index (χ0n) is 11.2. The molecule has 0 saturated carbocycles. The van der Waals surface area contributed by atoms with Gasteiger partial charge >= 0.3 is 0 Å². The summed E-state index contributed by atoms with van der Waals surface area (Å²) in [4.78, 5) is 0. The minimum Gasteiger partial charge on any atom is -0.497 e. The molecule has 0 bridgehead atoms. The predicted molar refractivity (Wildman–Crippen MR) is 71.3 cm³/mol. The van der Waals surface area contributed by atoms with Crippen molar-refractivity contribution in [2.45, 2.75) is 20.0 Å². The quantitative estimate of drug-likeness (QED) is 0.863. The van der Waals surface area contributed by atoms with Crippen LogP contribution in [0.5, 0.6) is 11.5 Å². The van der Waals surface area contributed by atoms with Crippen LogP contribution >= 0.6 is 0 Å². The minimum absolute atomic E-state index is 0.339. The molecule has 102 valence electrons. The Morgan fingerprint density at radius 1 is 1.32 bits per heavy atom. The monoisotopic (exact) mass is 262 g/mol. The Labute approximate surface area is 112 Å². The molecule has 1 aromatic heterocycles. The molecule has 0 saturated heterocycles. The molecule has 0 fully saturated rings. The van der Waals surface area contributed by atoms with Crippen molar-refractivity contribution < 1.29 is 14.0 Å². The van der Waals surface area contributed by atoms with Crippen molar-refractivity contribution in [3.8, 4) is 11.5 Å². The van der Waals surface area contributed by atoms with Crippen molar-refractivity contribution in [3.63, 3.8) is 0 Å². The molecule has 5 heteroatoms. The van der Waals surface area contributed by atoms with Crippen LogP contribution in [0.3, 0.4) is 0 Å². The number of nitrogens with zero attached hydrogens (tertiary/aromatic N) is 1. The van der Waals surface area contributed by atoms with Gasteiger partial charge in [-0.05, 0) is 31.5 Å². The second-order valence-corrected chi connectivity index (χ2v) is 4.24. The van der Waals surface area contributed by atoms with Crippen LogP contribution in [0.1, 0.15) is 17.0 Å². The highest BCUT2D eigenvalue weighted by molar-refractivity contribution is 5.41. The van der Waals surface area contributed by atoms with E-state index in [9.17, 15) is 0 Å². The summed E-state index contributed by atoms with van der Waals surface area (Å²) in [5.74, 6) is 2.21. The Balaban J connectivity index is 2.12. The minimum atomic E-state index is 0.339. The molecule has 0 amide bonds. The lowest BCUT2D eigenvalue weighted by Gasteiger charge is -2.11. The number of aromatic nitrogens is 1. The summed E-state index contributed by atoms with van der Waals surface area (Å²) < 4.78 is 16.1. The summed E-state index contributed by atoms with van der Waals surface area (Å²) in [6.07, 6.45) is 0.759. The summed E-state index contributed by atoms with van der Waals surface area (Å²) in [6, 6.07) is 7.57. The normalized spacial score (nSPS) is 10.5. The molecule has 1 heterocycles. The molecule has 0 aliphatic heterocycles. The van der Waals surface area contributed by atoms with Crippen molar-refractivity contribution >= 4 is 0 Å². The molecule has 0 radical (unpaired) electrons. The Bertz CT molecular complexity index is 537. The molecular formula is C14H18N2O3. The molecule has 2 rings (SSSR count). The van der Waals surface area contributed by atoms with Gasteiger partial charge in [0, 0.05) is 12.1 Å². The van der Waals surface area contributed by atoms with Crippen molar-refractivity contribution in [2.24, 2.45) is 5.73 Å². The lowest BCUT2D eigenvalue weighted by molar-refractivity contribution is 0.246. The summed E-state index contributed by atoms with van der Waals surface area (Å²) >= 11 is 0. The van der Waals surface area contributed by atoms with Crippen molar-refractivity contribution in [2.75, 3.05) is 13.7 Å². The summed E-state index contributed by atoms with van der Waals surface area (Å²) in [5.41, 5.74) is 7.49. The van der Waals surface area contributed by atoms with Crippen molar-refractivity contribution in [1.29, 1.82) is 0 Å². The maximum Gasteiger partial charge on any atom is 0.174 e. The van der Waals surface area contributed by atoms with E-state index in [1.54, 1.807) is 7.11 Å². The number of rotatable bonds is 6. The van der Waals surface area contributed by atoms with E-state index >= 15 is 0 Å². The molecule has 2 N–H and O–H groups in total. The fourth-order valence-corrected chi connectivity index (χ4v) is 1.79. The number of aryl methyl sites for hydroxylation is 1. The van der Waals surface area contributed by atoms with Gasteiger partial charge in [0.2, 0.25) is 0 Å². The van der Waals surface area contributed by atoms with E-state index in [1.165, 1.54) is 0 Å². The van der Waals surface area contributed by atoms with Crippen LogP contribution in [0, 0.1) is 6.92 Å². The molecule has 0 unspecified atom stereocenters. The molecule has 0 aliphatic carbocycles. The van der Waals surface area contributed by atoms with Crippen LogP contribution in [0.2, 0.25) is 0 Å². The van der Waals surface area contributed by atoms with Crippen LogP contribution in [-0.4, -0.2) is 18.8 Å². The van der Waals surface area contributed by atoms with Crippen LogP contribution < -0.4 is 15.2 Å². The van der Waals surface area contributed by atoms with Gasteiger partial charge in [-0.3, -0.25) is 0 Å². The first-order valence-corrected chi connectivity index (χ1v) is 6.15. The van der Waals surface area contributed by atoms with Gasteiger partial charge in [-0.15, -0.1) is 0 Å². The smallest absolute Gasteiger partial charge is 0.174 e. The van der Waals surface area contributed by atoms with E-state index in [0.29, 0.717) is 18.9 Å². The zero-order valence-corrected chi connectivity index (χ0v) is 11.2. The van der Waals surface area contributed by atoms with Crippen LogP contribution in [0.15, 0.2) is 28.8 Å². The fourth-order valence-electron chi connectivity index (χ4n) is 1.79. The van der Waals surface area contributed by atoms with E-state index in [1.807, 2.05) is 31.2 Å². The SMILES string of the molecule is COc1ccc(CCN)c(OCc2cc(C)no2)c1. The van der Waals surface area contributed by atoms with Gasteiger partial charge in [0.1, 0.15) is 18.1 Å². The molecule has 1 aromatic carbocycles. The third-order valence-electron chi connectivity index (χ3n) is 2.73. The number of benzene rings is 1. The van der Waals surface area contributed by atoms with Crippen LogP contribution in [0.4, 0.5) is 0 Å². The van der Waals surface area contributed by atoms with Crippen LogP contribution in [-0.2, 0) is 13.0 Å². The lowest BCUT2D eigenvalue weighted by Crippen LogP contribution is -2.05. The highest BCUT2D eigenvalue weighted by Crippen LogP contribution is 2.26. The average Bonchev–Trinajstić information content (AvgIpc) is 2.83. The predicted octanol–water partition coefficient (Wildman–Crippen LogP) is 2.07. The Kier molecular flexibility index (Phi) is 4.41. The number of hydrogen-bond acceptors (Lipinski definition) is 5. The van der Waals surface area contributed by atoms with Gasteiger partial charge in [-0.2, -0.15) is 0 Å². The Morgan fingerprint density at radius 3 is 2.79 bits per heavy atom. The van der Waals surface area contributed by atoms with E-state index in [-0.39, 0.29) is 0 Å². The molecule has 0 aliphatic rings. The van der Waals surface area contributed by atoms with Gasteiger partial charge < -0.3 is 19.7 Å². The first-order valence-electron chi connectivity index (χ1n) is 6.15. The molecule has 0 atom stereocenters. The summed E-state index contributed by atoms with van der Waals surface area (Å²) in [6.45, 7) is 2.79. The number of nitrogens with two attached hydrogens (primary N) is 1. The third kappa shape index (κ3) is 3.48. The van der Waals surface area contributed by atoms with E-state index in [4.69, 9.17) is 19.7 Å². The van der Waals surface area contributed by atoms with E-state index in [2.05, 4.69) is 5.16 Å². The molecule has 0 spiro atoms. The van der Waals surface area contributed by atoms with Gasteiger partial charge in [-0.1, -0.05) is 11.2 Å². The lowest BCUT2D eigenvalue weighted by atomic mass is 10.1. The van der Waals surface area contributed by atoms with Gasteiger partial charge in [0.25, 0.3) is 0 Å². The second-order valence-electron chi connectivity index (χ2n) is 4.24. The van der Waals surface area contributed by atoms with Gasteiger partial charge in [0.15, 0.2) is 5.76 Å². The van der Waals surface area contributed by atoms with Gasteiger partial charge in [0.05, 0.1) is 12.8 Å². The Morgan fingerprint density at radius 2 is 2.16 bits per heavy atom. The third-order valence-corrected chi connectivity index (χ3v) is 2.73. The van der Waals surface area contributed by atoms with E-state index < -0.39 is 0 Å². The fraction of sp³-hybridized carbons (Fsp3) is 0.357.